The lowest BCUT2D eigenvalue weighted by molar-refractivity contribution is -0.123. The molecule has 2 rings (SSSR count). The average Bonchev–Trinajstić information content (AvgIpc) is 2.53. The van der Waals surface area contributed by atoms with Gasteiger partial charge in [0, 0.05) is 17.0 Å². The topological polar surface area (TPSA) is 89.5 Å². The molecule has 0 aliphatic rings. The molecule has 0 unspecified atom stereocenters. The first-order chi connectivity index (χ1) is 12.1. The summed E-state index contributed by atoms with van der Waals surface area (Å²) in [6.45, 7) is 1.45. The van der Waals surface area contributed by atoms with E-state index in [1.165, 1.54) is 31.2 Å². The fraction of sp³-hybridized carbons (Fsp3) is 0.222. The van der Waals surface area contributed by atoms with Crippen molar-refractivity contribution in [3.63, 3.8) is 0 Å². The van der Waals surface area contributed by atoms with Crippen molar-refractivity contribution in [1.29, 1.82) is 0 Å². The second kappa shape index (κ2) is 8.33. The van der Waals surface area contributed by atoms with Crippen molar-refractivity contribution in [1.82, 2.24) is 0 Å². The number of carbonyl (C=O) groups excluding carboxylic acids is 2. The quantitative estimate of drug-likeness (QED) is 0.759. The first-order valence-electron chi connectivity index (χ1n) is 7.68. The zero-order valence-electron chi connectivity index (χ0n) is 14.2. The van der Waals surface area contributed by atoms with Gasteiger partial charge in [-0.15, -0.1) is 0 Å². The molecule has 8 heteroatoms. The molecule has 0 fully saturated rings. The minimum atomic E-state index is -3.15. The van der Waals surface area contributed by atoms with E-state index in [1.807, 2.05) is 0 Å². The molecule has 6 nitrogen and oxygen atoms in total. The number of sulfone groups is 1. The summed E-state index contributed by atoms with van der Waals surface area (Å²) in [6, 6.07) is 12.6. The van der Waals surface area contributed by atoms with Gasteiger partial charge in [-0.2, -0.15) is 0 Å². The molecule has 1 atom stereocenters. The van der Waals surface area contributed by atoms with E-state index < -0.39 is 27.8 Å². The number of nitrogens with one attached hydrogen (secondary N) is 1. The maximum absolute atomic E-state index is 12.1. The second-order valence-electron chi connectivity index (χ2n) is 5.81. The minimum Gasteiger partial charge on any atom is -0.449 e. The zero-order valence-corrected chi connectivity index (χ0v) is 15.8. The van der Waals surface area contributed by atoms with Crippen LogP contribution in [0.2, 0.25) is 5.02 Å². The number of halogens is 1. The standard InChI is InChI=1S/C18H18ClNO5S/c1-12(17(21)20-16-5-3-4-15(19)10-16)25-18(22)14-8-6-13(7-9-14)11-26(2,23)24/h3-10,12H,11H2,1-2H3,(H,20,21)/t12-/m1/s1. The molecule has 0 saturated heterocycles. The van der Waals surface area contributed by atoms with Crippen LogP contribution < -0.4 is 5.32 Å². The van der Waals surface area contributed by atoms with Crippen molar-refractivity contribution in [3.05, 3.63) is 64.7 Å². The van der Waals surface area contributed by atoms with E-state index >= 15 is 0 Å². The van der Waals surface area contributed by atoms with E-state index in [4.69, 9.17) is 16.3 Å². The lowest BCUT2D eigenvalue weighted by Crippen LogP contribution is -2.30. The SMILES string of the molecule is C[C@@H](OC(=O)c1ccc(CS(C)(=O)=O)cc1)C(=O)Nc1cccc(Cl)c1. The number of benzene rings is 2. The van der Waals surface area contributed by atoms with Crippen LogP contribution in [0.3, 0.4) is 0 Å². The zero-order chi connectivity index (χ0) is 19.3. The van der Waals surface area contributed by atoms with Crippen molar-refractivity contribution < 1.29 is 22.7 Å². The Balaban J connectivity index is 1.96. The number of carbonyl (C=O) groups is 2. The molecular weight excluding hydrogens is 378 g/mol. The van der Waals surface area contributed by atoms with Crippen LogP contribution in [0.4, 0.5) is 5.69 Å². The molecule has 1 N–H and O–H groups in total. The monoisotopic (exact) mass is 395 g/mol. The summed E-state index contributed by atoms with van der Waals surface area (Å²) in [6.07, 6.45) is 0.118. The van der Waals surface area contributed by atoms with Gasteiger partial charge in [-0.05, 0) is 42.8 Å². The molecule has 0 aliphatic carbocycles. The summed E-state index contributed by atoms with van der Waals surface area (Å²) in [5.41, 5.74) is 1.29. The van der Waals surface area contributed by atoms with Gasteiger partial charge in [0.05, 0.1) is 11.3 Å². The number of esters is 1. The van der Waals surface area contributed by atoms with E-state index in [2.05, 4.69) is 5.32 Å². The Kier molecular flexibility index (Phi) is 6.39. The van der Waals surface area contributed by atoms with Crippen molar-refractivity contribution in [3.8, 4) is 0 Å². The molecule has 2 aromatic rings. The molecule has 0 aliphatic heterocycles. The number of amides is 1. The molecule has 2 aromatic carbocycles. The second-order valence-corrected chi connectivity index (χ2v) is 8.39. The van der Waals surface area contributed by atoms with E-state index in [-0.39, 0.29) is 11.3 Å². The molecule has 26 heavy (non-hydrogen) atoms. The molecule has 1 amide bonds. The van der Waals surface area contributed by atoms with Crippen LogP contribution in [0.25, 0.3) is 0 Å². The third kappa shape index (κ3) is 6.16. The van der Waals surface area contributed by atoms with E-state index in [1.54, 1.807) is 24.3 Å². The van der Waals surface area contributed by atoms with Crippen LogP contribution in [-0.4, -0.2) is 32.7 Å². The number of hydrogen-bond donors (Lipinski definition) is 1. The first-order valence-corrected chi connectivity index (χ1v) is 10.1. The van der Waals surface area contributed by atoms with Crippen molar-refractivity contribution in [2.45, 2.75) is 18.8 Å². The predicted molar refractivity (Wildman–Crippen MR) is 99.9 cm³/mol. The van der Waals surface area contributed by atoms with Gasteiger partial charge in [0.15, 0.2) is 15.9 Å². The van der Waals surface area contributed by atoms with Crippen LogP contribution >= 0.6 is 11.6 Å². The highest BCUT2D eigenvalue weighted by molar-refractivity contribution is 7.89. The van der Waals surface area contributed by atoms with E-state index in [0.717, 1.165) is 6.26 Å². The predicted octanol–water partition coefficient (Wildman–Crippen LogP) is 3.07. The Labute approximate surface area is 157 Å². The van der Waals surface area contributed by atoms with Gasteiger partial charge in [-0.1, -0.05) is 29.8 Å². The maximum Gasteiger partial charge on any atom is 0.338 e. The summed E-state index contributed by atoms with van der Waals surface area (Å²) in [4.78, 5) is 24.2. The molecule has 0 heterocycles. The van der Waals surface area contributed by atoms with Gasteiger partial charge < -0.3 is 10.1 Å². The highest BCUT2D eigenvalue weighted by Crippen LogP contribution is 2.16. The molecule has 0 radical (unpaired) electrons. The van der Waals surface area contributed by atoms with Gasteiger partial charge in [-0.3, -0.25) is 4.79 Å². The fourth-order valence-corrected chi connectivity index (χ4v) is 3.12. The Morgan fingerprint density at radius 2 is 1.81 bits per heavy atom. The highest BCUT2D eigenvalue weighted by atomic mass is 35.5. The Morgan fingerprint density at radius 3 is 2.38 bits per heavy atom. The van der Waals surface area contributed by atoms with Crippen LogP contribution in [0.15, 0.2) is 48.5 Å². The maximum atomic E-state index is 12.1. The Bertz CT molecular complexity index is 909. The highest BCUT2D eigenvalue weighted by Gasteiger charge is 2.19. The van der Waals surface area contributed by atoms with Crippen LogP contribution in [0, 0.1) is 0 Å². The Morgan fingerprint density at radius 1 is 1.15 bits per heavy atom. The Hall–Kier alpha value is -2.38. The van der Waals surface area contributed by atoms with E-state index in [9.17, 15) is 18.0 Å². The van der Waals surface area contributed by atoms with Gasteiger partial charge >= 0.3 is 5.97 Å². The van der Waals surface area contributed by atoms with Crippen molar-refractivity contribution >= 4 is 39.0 Å². The van der Waals surface area contributed by atoms with Crippen LogP contribution in [0.1, 0.15) is 22.8 Å². The van der Waals surface area contributed by atoms with Crippen LogP contribution in [0.5, 0.6) is 0 Å². The fourth-order valence-electron chi connectivity index (χ4n) is 2.13. The molecule has 0 spiro atoms. The van der Waals surface area contributed by atoms with Crippen LogP contribution in [-0.2, 0) is 25.1 Å². The lowest BCUT2D eigenvalue weighted by atomic mass is 10.1. The van der Waals surface area contributed by atoms with E-state index in [0.29, 0.717) is 16.3 Å². The molecule has 0 aromatic heterocycles. The summed E-state index contributed by atoms with van der Waals surface area (Å²) in [5, 5.41) is 3.08. The molecule has 138 valence electrons. The number of anilines is 1. The van der Waals surface area contributed by atoms with Crippen molar-refractivity contribution in [2.24, 2.45) is 0 Å². The lowest BCUT2D eigenvalue weighted by Gasteiger charge is -2.14. The summed E-state index contributed by atoms with van der Waals surface area (Å²) >= 11 is 5.85. The smallest absolute Gasteiger partial charge is 0.338 e. The van der Waals surface area contributed by atoms with Gasteiger partial charge in [0.25, 0.3) is 5.91 Å². The molecule has 0 bridgehead atoms. The van der Waals surface area contributed by atoms with Crippen molar-refractivity contribution in [2.75, 3.05) is 11.6 Å². The normalized spacial score (nSPS) is 12.3. The number of rotatable bonds is 6. The summed E-state index contributed by atoms with van der Waals surface area (Å²) in [7, 11) is -3.15. The summed E-state index contributed by atoms with van der Waals surface area (Å²) in [5.74, 6) is -1.28. The largest absolute Gasteiger partial charge is 0.449 e. The van der Waals surface area contributed by atoms with Gasteiger partial charge in [0.2, 0.25) is 0 Å². The number of ether oxygens (including phenoxy) is 1. The number of hydrogen-bond acceptors (Lipinski definition) is 5. The van der Waals surface area contributed by atoms with Gasteiger partial charge in [0.1, 0.15) is 0 Å². The molecule has 0 saturated carbocycles. The first kappa shape index (κ1) is 19.9. The third-order valence-electron chi connectivity index (χ3n) is 3.36. The van der Waals surface area contributed by atoms with Gasteiger partial charge in [-0.25, -0.2) is 13.2 Å². The minimum absolute atomic E-state index is 0.110. The summed E-state index contributed by atoms with van der Waals surface area (Å²) < 4.78 is 27.7. The molecular formula is C18H18ClNO5S. The third-order valence-corrected chi connectivity index (χ3v) is 4.46. The average molecular weight is 396 g/mol.